The summed E-state index contributed by atoms with van der Waals surface area (Å²) in [6.07, 6.45) is 5.90. The molecule has 0 atom stereocenters. The van der Waals surface area contributed by atoms with Crippen LogP contribution in [0.25, 0.3) is 0 Å². The number of carboxylic acids is 1. The minimum atomic E-state index is -1.79. The van der Waals surface area contributed by atoms with Gasteiger partial charge in [-0.05, 0) is 6.42 Å². The minimum absolute atomic E-state index is 0.245. The van der Waals surface area contributed by atoms with Crippen molar-refractivity contribution in [1.82, 2.24) is 0 Å². The molecule has 0 saturated carbocycles. The Labute approximate surface area is 79.2 Å². The summed E-state index contributed by atoms with van der Waals surface area (Å²) < 4.78 is 21.0. The number of hydrogen-bond donors (Lipinski definition) is 1. The summed E-state index contributed by atoms with van der Waals surface area (Å²) >= 11 is 0. The van der Waals surface area contributed by atoms with Gasteiger partial charge in [0.2, 0.25) is 0 Å². The molecule has 0 fully saturated rings. The number of rotatable bonds is 8. The summed E-state index contributed by atoms with van der Waals surface area (Å²) in [5.74, 6) is -0.739. The summed E-state index contributed by atoms with van der Waals surface area (Å²) in [4.78, 5) is 10.2. The predicted molar refractivity (Wildman–Crippen MR) is 50.2 cm³/mol. The maximum atomic E-state index is 10.2. The smallest absolute Gasteiger partial charge is 0.303 e. The Hall–Kier alpha value is -0.530. The van der Waals surface area contributed by atoms with E-state index in [1.807, 2.05) is 0 Å². The number of carbonyl (C=O) groups is 1. The van der Waals surface area contributed by atoms with Crippen LogP contribution in [0.15, 0.2) is 0 Å². The van der Waals surface area contributed by atoms with Crippen LogP contribution < -0.4 is 0 Å². The molecule has 0 aliphatic rings. The molecule has 0 amide bonds. The first-order chi connectivity index (χ1) is 6.92. The Kier molecular flexibility index (Phi) is 4.95. The van der Waals surface area contributed by atoms with Gasteiger partial charge in [-0.3, -0.25) is 4.79 Å². The highest BCUT2D eigenvalue weighted by Crippen LogP contribution is 2.07. The van der Waals surface area contributed by atoms with Gasteiger partial charge in [0, 0.05) is 10.5 Å². The fourth-order valence-electron chi connectivity index (χ4n) is 1.11. The van der Waals surface area contributed by atoms with Crippen molar-refractivity contribution in [2.75, 3.05) is 0 Å². The van der Waals surface area contributed by atoms with Gasteiger partial charge in [0.1, 0.15) is 0 Å². The van der Waals surface area contributed by atoms with E-state index in [-0.39, 0.29) is 6.42 Å². The van der Waals surface area contributed by atoms with Crippen LogP contribution in [0.3, 0.4) is 0 Å². The van der Waals surface area contributed by atoms with Gasteiger partial charge < -0.3 is 5.11 Å². The van der Waals surface area contributed by atoms with Crippen LogP contribution in [0.4, 0.5) is 0 Å². The van der Waals surface area contributed by atoms with E-state index in [1.165, 1.54) is 0 Å². The average Bonchev–Trinajstić information content (AvgIpc) is 2.07. The average molecular weight is 175 g/mol. The molecule has 0 aromatic heterocycles. The van der Waals surface area contributed by atoms with Crippen LogP contribution >= 0.6 is 0 Å². The lowest BCUT2D eigenvalue weighted by Crippen LogP contribution is -1.93. The van der Waals surface area contributed by atoms with Crippen molar-refractivity contribution >= 4 is 5.97 Å². The van der Waals surface area contributed by atoms with Gasteiger partial charge in [-0.25, -0.2) is 0 Å². The largest absolute Gasteiger partial charge is 0.481 e. The SMILES string of the molecule is [2H]C([2H])([2H])CCCCCCCCC(=O)O. The zero-order chi connectivity index (χ0) is 11.7. The van der Waals surface area contributed by atoms with E-state index in [0.29, 0.717) is 6.42 Å². The quantitative estimate of drug-likeness (QED) is 0.575. The van der Waals surface area contributed by atoms with Crippen LogP contribution in [0.2, 0.25) is 0 Å². The van der Waals surface area contributed by atoms with Gasteiger partial charge in [0.05, 0.1) is 0 Å². The van der Waals surface area contributed by atoms with E-state index in [4.69, 9.17) is 9.22 Å². The Bertz CT molecular complexity index is 178. The van der Waals surface area contributed by atoms with Gasteiger partial charge in [-0.2, -0.15) is 0 Å². The van der Waals surface area contributed by atoms with Gasteiger partial charge in [-0.1, -0.05) is 45.4 Å². The molecule has 1 N–H and O–H groups in total. The summed E-state index contributed by atoms with van der Waals surface area (Å²) in [7, 11) is 0. The van der Waals surface area contributed by atoms with Crippen LogP contribution in [0.5, 0.6) is 0 Å². The summed E-state index contributed by atoms with van der Waals surface area (Å²) in [6, 6.07) is 0. The molecule has 0 rings (SSSR count). The van der Waals surface area contributed by atoms with Crippen LogP contribution in [-0.4, -0.2) is 11.1 Å². The third-order valence-electron chi connectivity index (χ3n) is 1.82. The molecule has 0 aliphatic carbocycles. The van der Waals surface area contributed by atoms with Crippen molar-refractivity contribution in [3.05, 3.63) is 0 Å². The van der Waals surface area contributed by atoms with E-state index in [0.717, 1.165) is 38.5 Å². The van der Waals surface area contributed by atoms with Crippen LogP contribution in [-0.2, 0) is 4.79 Å². The van der Waals surface area contributed by atoms with Crippen molar-refractivity contribution in [2.45, 2.75) is 58.2 Å². The first kappa shape index (κ1) is 6.93. The molecule has 0 aliphatic heterocycles. The second-order valence-electron chi connectivity index (χ2n) is 3.02. The molecule has 0 heterocycles. The molecule has 12 heavy (non-hydrogen) atoms. The highest BCUT2D eigenvalue weighted by atomic mass is 16.4. The molecule has 2 nitrogen and oxygen atoms in total. The first-order valence-corrected chi connectivity index (χ1v) is 4.63. The highest BCUT2D eigenvalue weighted by molar-refractivity contribution is 5.66. The molecular weight excluding hydrogens is 152 g/mol. The van der Waals surface area contributed by atoms with Crippen molar-refractivity contribution in [1.29, 1.82) is 0 Å². The minimum Gasteiger partial charge on any atom is -0.481 e. The number of hydrogen-bond acceptors (Lipinski definition) is 1. The Morgan fingerprint density at radius 2 is 1.75 bits per heavy atom. The van der Waals surface area contributed by atoms with Gasteiger partial charge in [-0.15, -0.1) is 0 Å². The highest BCUT2D eigenvalue weighted by Gasteiger charge is 1.95. The molecular formula is C10H20O2. The lowest BCUT2D eigenvalue weighted by molar-refractivity contribution is -0.137. The molecule has 0 aromatic carbocycles. The molecule has 0 radical (unpaired) electrons. The van der Waals surface area contributed by atoms with Gasteiger partial charge >= 0.3 is 5.97 Å². The van der Waals surface area contributed by atoms with Crippen molar-refractivity contribution in [3.63, 3.8) is 0 Å². The molecule has 0 unspecified atom stereocenters. The molecule has 0 bridgehead atoms. The van der Waals surface area contributed by atoms with Crippen molar-refractivity contribution in [3.8, 4) is 0 Å². The van der Waals surface area contributed by atoms with E-state index in [9.17, 15) is 4.79 Å². The van der Waals surface area contributed by atoms with E-state index in [2.05, 4.69) is 0 Å². The van der Waals surface area contributed by atoms with E-state index >= 15 is 0 Å². The molecule has 72 valence electrons. The monoisotopic (exact) mass is 175 g/mol. The maximum absolute atomic E-state index is 10.2. The molecule has 2 heteroatoms. The lowest BCUT2D eigenvalue weighted by atomic mass is 10.1. The second kappa shape index (κ2) is 8.57. The summed E-state index contributed by atoms with van der Waals surface area (Å²) in [5, 5.41) is 8.38. The lowest BCUT2D eigenvalue weighted by Gasteiger charge is -1.98. The Morgan fingerprint density at radius 1 is 1.17 bits per heavy atom. The fraction of sp³-hybridized carbons (Fsp3) is 0.900. The Balaban J connectivity index is 3.09. The maximum Gasteiger partial charge on any atom is 0.303 e. The first-order valence-electron chi connectivity index (χ1n) is 6.13. The van der Waals surface area contributed by atoms with Gasteiger partial charge in [0.15, 0.2) is 0 Å². The molecule has 0 aromatic rings. The number of carboxylic acid groups (broad SMARTS) is 1. The normalized spacial score (nSPS) is 14.8. The summed E-state index contributed by atoms with van der Waals surface area (Å²) in [6.45, 7) is -1.79. The molecule has 0 saturated heterocycles. The second-order valence-corrected chi connectivity index (χ2v) is 3.02. The van der Waals surface area contributed by atoms with Crippen molar-refractivity contribution < 1.29 is 14.0 Å². The van der Waals surface area contributed by atoms with Crippen LogP contribution in [0.1, 0.15) is 62.3 Å². The van der Waals surface area contributed by atoms with Crippen LogP contribution in [0, 0.1) is 0 Å². The third-order valence-corrected chi connectivity index (χ3v) is 1.82. The number of aliphatic carboxylic acids is 1. The summed E-state index contributed by atoms with van der Waals surface area (Å²) in [5.41, 5.74) is 0. The zero-order valence-corrected chi connectivity index (χ0v) is 7.51. The fourth-order valence-corrected chi connectivity index (χ4v) is 1.11. The topological polar surface area (TPSA) is 37.3 Å². The zero-order valence-electron chi connectivity index (χ0n) is 10.5. The standard InChI is InChI=1S/C10H20O2/c1-2-3-4-5-6-7-8-9-10(11)12/h2-9H2,1H3,(H,11,12)/i1D3. The number of unbranched alkanes of at least 4 members (excludes halogenated alkanes) is 5. The molecule has 0 spiro atoms. The van der Waals surface area contributed by atoms with Gasteiger partial charge in [0.25, 0.3) is 0 Å². The van der Waals surface area contributed by atoms with E-state index < -0.39 is 12.8 Å². The van der Waals surface area contributed by atoms with E-state index in [1.54, 1.807) is 0 Å². The Morgan fingerprint density at radius 3 is 2.33 bits per heavy atom. The van der Waals surface area contributed by atoms with Crippen molar-refractivity contribution in [2.24, 2.45) is 0 Å². The third kappa shape index (κ3) is 9.47. The predicted octanol–water partition coefficient (Wildman–Crippen LogP) is 3.21.